The third-order valence-corrected chi connectivity index (χ3v) is 7.58. The minimum Gasteiger partial charge on any atom is -0.437 e. The summed E-state index contributed by atoms with van der Waals surface area (Å²) >= 11 is 6.47. The van der Waals surface area contributed by atoms with Crippen LogP contribution >= 0.6 is 11.6 Å². The lowest BCUT2D eigenvalue weighted by Gasteiger charge is -2.45. The lowest BCUT2D eigenvalue weighted by Crippen LogP contribution is -2.53. The van der Waals surface area contributed by atoms with Crippen molar-refractivity contribution < 1.29 is 22.7 Å². The summed E-state index contributed by atoms with van der Waals surface area (Å²) in [6.45, 7) is 5.57. The lowest BCUT2D eigenvalue weighted by molar-refractivity contribution is -0.200. The number of piperidine rings is 1. The Labute approximate surface area is 192 Å². The molecule has 0 saturated carbocycles. The van der Waals surface area contributed by atoms with Gasteiger partial charge in [-0.2, -0.15) is 13.2 Å². The molecular formula is C23H31ClF3N3O2. The van der Waals surface area contributed by atoms with Crippen molar-refractivity contribution in [3.63, 3.8) is 0 Å². The fourth-order valence-corrected chi connectivity index (χ4v) is 5.52. The minimum atomic E-state index is -4.54. The van der Waals surface area contributed by atoms with Crippen molar-refractivity contribution in [1.29, 1.82) is 0 Å². The maximum atomic E-state index is 12.7. The summed E-state index contributed by atoms with van der Waals surface area (Å²) in [5, 5.41) is 0.784. The number of carbonyl (C=O) groups is 1. The largest absolute Gasteiger partial charge is 0.437 e. The van der Waals surface area contributed by atoms with Crippen molar-refractivity contribution in [2.45, 2.75) is 69.8 Å². The van der Waals surface area contributed by atoms with Gasteiger partial charge < -0.3 is 14.5 Å². The molecule has 3 fully saturated rings. The van der Waals surface area contributed by atoms with Gasteiger partial charge in [-0.05, 0) is 69.7 Å². The van der Waals surface area contributed by atoms with E-state index in [1.165, 1.54) is 23.3 Å². The number of ether oxygens (including phenoxy) is 1. The number of carbonyl (C=O) groups excluding carboxylic acids is 1. The van der Waals surface area contributed by atoms with E-state index in [4.69, 9.17) is 11.6 Å². The van der Waals surface area contributed by atoms with Crippen LogP contribution in [0.3, 0.4) is 0 Å². The molecule has 4 rings (SSSR count). The first-order valence-corrected chi connectivity index (χ1v) is 11.9. The van der Waals surface area contributed by atoms with Crippen LogP contribution in [0.25, 0.3) is 0 Å². The molecule has 5 nitrogen and oxygen atoms in total. The molecule has 0 aliphatic carbocycles. The van der Waals surface area contributed by atoms with Gasteiger partial charge in [0, 0.05) is 38.3 Å². The Balaban J connectivity index is 1.38. The summed E-state index contributed by atoms with van der Waals surface area (Å²) in [5.41, 5.74) is 2.31. The summed E-state index contributed by atoms with van der Waals surface area (Å²) in [7, 11) is 0. The van der Waals surface area contributed by atoms with Crippen molar-refractivity contribution in [1.82, 2.24) is 9.80 Å². The molecule has 1 aromatic carbocycles. The van der Waals surface area contributed by atoms with Crippen LogP contribution in [0.15, 0.2) is 18.2 Å². The molecular weight excluding hydrogens is 443 g/mol. The highest BCUT2D eigenvalue weighted by Gasteiger charge is 2.45. The third-order valence-electron chi connectivity index (χ3n) is 7.26. The number of halogens is 4. The summed E-state index contributed by atoms with van der Waals surface area (Å²) in [4.78, 5) is 18.4. The average molecular weight is 474 g/mol. The second-order valence-corrected chi connectivity index (χ2v) is 9.69. The van der Waals surface area contributed by atoms with Crippen LogP contribution in [0, 0.1) is 0 Å². The van der Waals surface area contributed by atoms with E-state index < -0.39 is 18.4 Å². The summed E-state index contributed by atoms with van der Waals surface area (Å²) in [5.74, 6) is 0. The average Bonchev–Trinajstić information content (AvgIpc) is 3.40. The van der Waals surface area contributed by atoms with Crippen LogP contribution < -0.4 is 4.90 Å². The van der Waals surface area contributed by atoms with Gasteiger partial charge in [-0.25, -0.2) is 4.79 Å². The van der Waals surface area contributed by atoms with Crippen LogP contribution in [0.2, 0.25) is 5.02 Å². The fourth-order valence-electron chi connectivity index (χ4n) is 5.28. The number of benzene rings is 1. The van der Waals surface area contributed by atoms with E-state index in [0.717, 1.165) is 69.5 Å². The van der Waals surface area contributed by atoms with Gasteiger partial charge in [-0.3, -0.25) is 4.90 Å². The first kappa shape index (κ1) is 23.5. The Morgan fingerprint density at radius 1 is 1.09 bits per heavy atom. The van der Waals surface area contributed by atoms with Crippen LogP contribution in [0.5, 0.6) is 0 Å². The molecule has 9 heteroatoms. The number of likely N-dealkylation sites (tertiary alicyclic amines) is 2. The van der Waals surface area contributed by atoms with Gasteiger partial charge in [0.15, 0.2) is 6.10 Å². The molecule has 0 N–H and O–H groups in total. The standard InChI is InChI=1S/C23H31ClF3N3O2/c1-17(23(25,26)27)32-21(31)29-13-8-22(9-14-29)7-4-12-30(22)16-18-5-6-19(24)20(15-18)28-10-2-3-11-28/h5-6,15,17H,2-4,7-14,16H2,1H3. The summed E-state index contributed by atoms with van der Waals surface area (Å²) in [6.07, 6.45) is -1.51. The van der Waals surface area contributed by atoms with Gasteiger partial charge >= 0.3 is 12.3 Å². The number of nitrogens with zero attached hydrogens (tertiary/aromatic N) is 3. The van der Waals surface area contributed by atoms with Gasteiger partial charge in [0.1, 0.15) is 0 Å². The normalized spacial score (nSPS) is 22.5. The molecule has 0 aromatic heterocycles. The highest BCUT2D eigenvalue weighted by molar-refractivity contribution is 6.33. The molecule has 178 valence electrons. The first-order valence-electron chi connectivity index (χ1n) is 11.5. The monoisotopic (exact) mass is 473 g/mol. The Hall–Kier alpha value is -1.67. The molecule has 3 saturated heterocycles. The van der Waals surface area contributed by atoms with Gasteiger partial charge in [-0.1, -0.05) is 17.7 Å². The number of hydrogen-bond acceptors (Lipinski definition) is 4. The second kappa shape index (κ2) is 9.29. The molecule has 1 amide bonds. The zero-order valence-electron chi connectivity index (χ0n) is 18.5. The van der Waals surface area contributed by atoms with Gasteiger partial charge in [0.2, 0.25) is 0 Å². The van der Waals surface area contributed by atoms with E-state index in [-0.39, 0.29) is 5.54 Å². The molecule has 1 unspecified atom stereocenters. The maximum absolute atomic E-state index is 12.7. The van der Waals surface area contributed by atoms with Crippen LogP contribution in [0.4, 0.5) is 23.7 Å². The third kappa shape index (κ3) is 4.96. The summed E-state index contributed by atoms with van der Waals surface area (Å²) < 4.78 is 42.8. The summed E-state index contributed by atoms with van der Waals surface area (Å²) in [6, 6.07) is 6.26. The van der Waals surface area contributed by atoms with Crippen molar-refractivity contribution in [2.75, 3.05) is 37.6 Å². The molecule has 1 atom stereocenters. The minimum absolute atomic E-state index is 0.0140. The van der Waals surface area contributed by atoms with E-state index in [9.17, 15) is 18.0 Å². The van der Waals surface area contributed by atoms with Crippen LogP contribution in [-0.4, -0.2) is 66.4 Å². The molecule has 3 aliphatic heterocycles. The Bertz CT molecular complexity index is 821. The predicted molar refractivity (Wildman–Crippen MR) is 118 cm³/mol. The number of rotatable bonds is 4. The Kier molecular flexibility index (Phi) is 6.82. The van der Waals surface area contributed by atoms with E-state index in [1.807, 2.05) is 6.07 Å². The van der Waals surface area contributed by atoms with Gasteiger partial charge in [-0.15, -0.1) is 0 Å². The van der Waals surface area contributed by atoms with E-state index in [1.54, 1.807) is 0 Å². The van der Waals surface area contributed by atoms with E-state index in [2.05, 4.69) is 26.7 Å². The highest BCUT2D eigenvalue weighted by atomic mass is 35.5. The number of hydrogen-bond donors (Lipinski definition) is 0. The van der Waals surface area contributed by atoms with Crippen molar-refractivity contribution in [2.24, 2.45) is 0 Å². The molecule has 1 aromatic rings. The smallest absolute Gasteiger partial charge is 0.425 e. The Morgan fingerprint density at radius 2 is 1.78 bits per heavy atom. The van der Waals surface area contributed by atoms with Crippen molar-refractivity contribution in [3.8, 4) is 0 Å². The SMILES string of the molecule is CC(OC(=O)N1CCC2(CCCN2Cc2ccc(Cl)c(N3CCCC3)c2)CC1)C(F)(F)F. The molecule has 1 spiro atoms. The topological polar surface area (TPSA) is 36.0 Å². The molecule has 3 heterocycles. The first-order chi connectivity index (χ1) is 15.2. The highest BCUT2D eigenvalue weighted by Crippen LogP contribution is 2.40. The second-order valence-electron chi connectivity index (χ2n) is 9.28. The maximum Gasteiger partial charge on any atom is 0.425 e. The van der Waals surface area contributed by atoms with Gasteiger partial charge in [0.25, 0.3) is 0 Å². The fraction of sp³-hybridized carbons (Fsp3) is 0.696. The lowest BCUT2D eigenvalue weighted by atomic mass is 9.85. The van der Waals surface area contributed by atoms with E-state index in [0.29, 0.717) is 13.1 Å². The predicted octanol–water partition coefficient (Wildman–Crippen LogP) is 5.46. The van der Waals surface area contributed by atoms with Crippen molar-refractivity contribution in [3.05, 3.63) is 28.8 Å². The molecule has 32 heavy (non-hydrogen) atoms. The van der Waals surface area contributed by atoms with Crippen molar-refractivity contribution >= 4 is 23.4 Å². The zero-order chi connectivity index (χ0) is 22.9. The number of anilines is 1. The van der Waals surface area contributed by atoms with Crippen LogP contribution in [-0.2, 0) is 11.3 Å². The molecule has 3 aliphatic rings. The zero-order valence-corrected chi connectivity index (χ0v) is 19.2. The van der Waals surface area contributed by atoms with Gasteiger partial charge in [0.05, 0.1) is 10.7 Å². The Morgan fingerprint density at radius 3 is 2.44 bits per heavy atom. The quantitative estimate of drug-likeness (QED) is 0.582. The molecule has 0 radical (unpaired) electrons. The van der Waals surface area contributed by atoms with E-state index >= 15 is 0 Å². The molecule has 0 bridgehead atoms. The number of amides is 1. The van der Waals surface area contributed by atoms with Crippen LogP contribution in [0.1, 0.15) is 51.0 Å². The number of alkyl halides is 3.